The van der Waals surface area contributed by atoms with Gasteiger partial charge in [-0.25, -0.2) is 0 Å². The van der Waals surface area contributed by atoms with Gasteiger partial charge >= 0.3 is 5.97 Å². The van der Waals surface area contributed by atoms with E-state index in [-0.39, 0.29) is 24.6 Å². The van der Waals surface area contributed by atoms with Gasteiger partial charge in [0.05, 0.1) is 36.8 Å². The fourth-order valence-electron chi connectivity index (χ4n) is 4.73. The van der Waals surface area contributed by atoms with Gasteiger partial charge < -0.3 is 25.4 Å². The zero-order chi connectivity index (χ0) is 30.2. The van der Waals surface area contributed by atoms with Crippen molar-refractivity contribution in [1.82, 2.24) is 10.6 Å². The summed E-state index contributed by atoms with van der Waals surface area (Å²) in [4.78, 5) is 78.7. The highest BCUT2D eigenvalue weighted by atomic mass is 16.4. The molecule has 42 heavy (non-hydrogen) atoms. The molecule has 1 unspecified atom stereocenters. The number of amides is 4. The normalized spacial score (nSPS) is 15.2. The van der Waals surface area contributed by atoms with Crippen LogP contribution in [0.25, 0.3) is 0 Å². The highest BCUT2D eigenvalue weighted by molar-refractivity contribution is 6.11. The number of aryl methyl sites for hydroxylation is 1. The van der Waals surface area contributed by atoms with Crippen LogP contribution in [0.5, 0.6) is 0 Å². The lowest BCUT2D eigenvalue weighted by Gasteiger charge is -2.25. The van der Waals surface area contributed by atoms with Crippen molar-refractivity contribution in [2.24, 2.45) is 0 Å². The van der Waals surface area contributed by atoms with Gasteiger partial charge in [0, 0.05) is 5.56 Å². The molecule has 0 aromatic heterocycles. The molecule has 2 atom stereocenters. The van der Waals surface area contributed by atoms with Gasteiger partial charge in [-0.05, 0) is 36.8 Å². The number of carbonyl (C=O) groups is 6. The Morgan fingerprint density at radius 1 is 0.976 bits per heavy atom. The second-order valence-electron chi connectivity index (χ2n) is 9.88. The number of aldehydes is 1. The Bertz CT molecular complexity index is 1510. The van der Waals surface area contributed by atoms with Crippen molar-refractivity contribution in [2.45, 2.75) is 31.8 Å². The molecule has 0 fully saturated rings. The fraction of sp³-hybridized carbons (Fsp3) is 0.226. The highest BCUT2D eigenvalue weighted by Crippen LogP contribution is 2.33. The number of nitrogens with one attached hydrogen (secondary N) is 2. The molecule has 4 amide bonds. The molecule has 0 saturated carbocycles. The lowest BCUT2D eigenvalue weighted by molar-refractivity contribution is -0.139. The first-order valence-corrected chi connectivity index (χ1v) is 13.2. The van der Waals surface area contributed by atoms with Crippen molar-refractivity contribution < 1.29 is 33.9 Å². The maximum Gasteiger partial charge on any atom is 0.305 e. The summed E-state index contributed by atoms with van der Waals surface area (Å²) in [6.45, 7) is 1.13. The first-order valence-electron chi connectivity index (χ1n) is 13.2. The number of carboxylic acid groups (broad SMARTS) is 1. The number of carboxylic acids is 1. The van der Waals surface area contributed by atoms with Crippen molar-refractivity contribution in [3.05, 3.63) is 95.6 Å². The van der Waals surface area contributed by atoms with Crippen LogP contribution >= 0.6 is 0 Å². The van der Waals surface area contributed by atoms with Crippen molar-refractivity contribution in [3.63, 3.8) is 0 Å². The number of anilines is 2. The molecule has 0 spiro atoms. The Morgan fingerprint density at radius 2 is 1.67 bits per heavy atom. The lowest BCUT2D eigenvalue weighted by atomic mass is 10.1. The molecule has 1 aliphatic heterocycles. The van der Waals surface area contributed by atoms with E-state index >= 15 is 0 Å². The van der Waals surface area contributed by atoms with Crippen molar-refractivity contribution in [3.8, 4) is 0 Å². The van der Waals surface area contributed by atoms with Crippen molar-refractivity contribution in [1.29, 1.82) is 0 Å². The van der Waals surface area contributed by atoms with Crippen LogP contribution in [0.1, 0.15) is 27.9 Å². The molecule has 0 saturated heterocycles. The van der Waals surface area contributed by atoms with Crippen LogP contribution in [0, 0.1) is 6.92 Å². The van der Waals surface area contributed by atoms with E-state index in [1.54, 1.807) is 54.6 Å². The summed E-state index contributed by atoms with van der Waals surface area (Å²) in [7, 11) is 0. The van der Waals surface area contributed by atoms with E-state index in [2.05, 4.69) is 10.6 Å². The molecule has 0 aliphatic carbocycles. The third-order valence-corrected chi connectivity index (χ3v) is 6.68. The minimum atomic E-state index is -1.30. The third-order valence-electron chi connectivity index (χ3n) is 6.68. The monoisotopic (exact) mass is 570 g/mol. The zero-order valence-corrected chi connectivity index (χ0v) is 22.9. The lowest BCUT2D eigenvalue weighted by Crippen LogP contribution is -2.54. The summed E-state index contributed by atoms with van der Waals surface area (Å²) >= 11 is 0. The maximum atomic E-state index is 13.9. The Kier molecular flexibility index (Phi) is 9.43. The molecule has 4 rings (SSSR count). The van der Waals surface area contributed by atoms with Gasteiger partial charge in [-0.2, -0.15) is 0 Å². The summed E-state index contributed by atoms with van der Waals surface area (Å²) < 4.78 is 0. The van der Waals surface area contributed by atoms with Crippen LogP contribution in [-0.4, -0.2) is 66.2 Å². The highest BCUT2D eigenvalue weighted by Gasteiger charge is 2.38. The Labute approximate surface area is 242 Å². The number of benzene rings is 3. The van der Waals surface area contributed by atoms with Crippen LogP contribution in [0.3, 0.4) is 0 Å². The van der Waals surface area contributed by atoms with E-state index < -0.39 is 48.7 Å². The van der Waals surface area contributed by atoms with Gasteiger partial charge in [0.2, 0.25) is 11.8 Å². The molecule has 1 heterocycles. The number of hydrogen-bond acceptors (Lipinski definition) is 6. The average molecular weight is 571 g/mol. The zero-order valence-electron chi connectivity index (χ0n) is 22.9. The molecule has 0 bridgehead atoms. The molecule has 3 N–H and O–H groups in total. The maximum absolute atomic E-state index is 13.9. The molecular weight excluding hydrogens is 540 g/mol. The average Bonchev–Trinajstić information content (AvgIpc) is 3.07. The Morgan fingerprint density at radius 3 is 2.33 bits per heavy atom. The smallest absolute Gasteiger partial charge is 0.305 e. The van der Waals surface area contributed by atoms with Crippen LogP contribution in [0.2, 0.25) is 0 Å². The molecule has 0 radical (unpaired) electrons. The predicted octanol–water partition coefficient (Wildman–Crippen LogP) is 1.87. The van der Waals surface area contributed by atoms with E-state index in [4.69, 9.17) is 5.11 Å². The second-order valence-corrected chi connectivity index (χ2v) is 9.88. The predicted molar refractivity (Wildman–Crippen MR) is 154 cm³/mol. The molecule has 3 aromatic rings. The minimum absolute atomic E-state index is 0.0280. The van der Waals surface area contributed by atoms with E-state index in [9.17, 15) is 28.8 Å². The van der Waals surface area contributed by atoms with Crippen LogP contribution < -0.4 is 20.4 Å². The fourth-order valence-corrected chi connectivity index (χ4v) is 4.73. The summed E-state index contributed by atoms with van der Waals surface area (Å²) in [6.07, 6.45) is -0.296. The topological polar surface area (TPSA) is 153 Å². The summed E-state index contributed by atoms with van der Waals surface area (Å²) in [5.41, 5.74) is 2.65. The van der Waals surface area contributed by atoms with E-state index in [1.807, 2.05) is 31.2 Å². The Hall–Kier alpha value is -5.32. The third kappa shape index (κ3) is 7.25. The van der Waals surface area contributed by atoms with Gasteiger partial charge in [0.15, 0.2) is 0 Å². The molecule has 1 aliphatic rings. The Balaban J connectivity index is 1.69. The van der Waals surface area contributed by atoms with E-state index in [0.29, 0.717) is 17.5 Å². The molecule has 3 aromatic carbocycles. The quantitative estimate of drug-likeness (QED) is 0.315. The number of rotatable bonds is 10. The van der Waals surface area contributed by atoms with Gasteiger partial charge in [-0.3, -0.25) is 28.9 Å². The second kappa shape index (κ2) is 13.4. The molecular formula is C31H30N4O7. The van der Waals surface area contributed by atoms with Gasteiger partial charge in [0.25, 0.3) is 11.8 Å². The van der Waals surface area contributed by atoms with E-state index in [1.165, 1.54) is 4.90 Å². The van der Waals surface area contributed by atoms with Crippen molar-refractivity contribution in [2.75, 3.05) is 22.9 Å². The first kappa shape index (κ1) is 29.7. The number of nitrogens with zero attached hydrogens (tertiary/aromatic N) is 2. The van der Waals surface area contributed by atoms with Gasteiger partial charge in [0.1, 0.15) is 18.9 Å². The number of carbonyl (C=O) groups excluding carboxylic acids is 5. The summed E-state index contributed by atoms with van der Waals surface area (Å²) in [5.74, 6) is -3.60. The largest absolute Gasteiger partial charge is 0.481 e. The number of aliphatic carboxylic acids is 1. The van der Waals surface area contributed by atoms with Crippen molar-refractivity contribution >= 4 is 47.3 Å². The first-order chi connectivity index (χ1) is 20.2. The van der Waals surface area contributed by atoms with Crippen LogP contribution in [0.4, 0.5) is 11.4 Å². The minimum Gasteiger partial charge on any atom is -0.481 e. The molecule has 11 nitrogen and oxygen atoms in total. The number of para-hydroxylation sites is 2. The van der Waals surface area contributed by atoms with Crippen LogP contribution in [-0.2, 0) is 30.4 Å². The number of hydrogen-bond donors (Lipinski definition) is 3. The summed E-state index contributed by atoms with van der Waals surface area (Å²) in [5, 5.41) is 14.1. The number of fused-ring (bicyclic) bond motifs is 1. The van der Waals surface area contributed by atoms with Gasteiger partial charge in [-0.1, -0.05) is 60.2 Å². The van der Waals surface area contributed by atoms with Crippen LogP contribution in [0.15, 0.2) is 78.9 Å². The van der Waals surface area contributed by atoms with E-state index in [0.717, 1.165) is 16.0 Å². The molecule has 11 heteroatoms. The standard InChI is InChI=1S/C31H30N4O7/c1-20-8-7-9-21(14-20)15-28(38)34-17-24(33-30(41)22-10-3-2-4-11-22)31(42)35(26-13-6-5-12-25(26)34)18-27(37)32-23(19-36)16-29(39)40/h2-14,19,23-24H,15-18H2,1H3,(H,32,37)(H,33,41)(H,39,40)/t23-,24?/m0/s1. The molecule has 216 valence electrons. The summed E-state index contributed by atoms with van der Waals surface area (Å²) in [6, 6.07) is 19.7. The van der Waals surface area contributed by atoms with Gasteiger partial charge in [-0.15, -0.1) is 0 Å². The SMILES string of the molecule is Cc1cccc(CC(=O)N2CC(NC(=O)c3ccccc3)C(=O)N(CC(=O)N[C@H](C=O)CC(=O)O)c3ccccc32)c1.